The second-order valence-electron chi connectivity index (χ2n) is 8.00. The highest BCUT2D eigenvalue weighted by atomic mass is 35.5. The minimum absolute atomic E-state index is 0.0551. The van der Waals surface area contributed by atoms with Gasteiger partial charge in [-0.05, 0) is 63.4 Å². The van der Waals surface area contributed by atoms with Crippen LogP contribution in [0.1, 0.15) is 39.2 Å². The number of hydrogen-bond donors (Lipinski definition) is 1. The zero-order chi connectivity index (χ0) is 28.8. The molecule has 1 atom stereocenters. The molecule has 2 aromatic carbocycles. The van der Waals surface area contributed by atoms with Gasteiger partial charge in [0, 0.05) is 12.7 Å². The number of hydrogen-bond acceptors (Lipinski definition) is 9. The van der Waals surface area contributed by atoms with Crippen LogP contribution in [0.4, 0.5) is 0 Å². The molecule has 0 radical (unpaired) electrons. The molecule has 0 heterocycles. The molecule has 0 bridgehead atoms. The van der Waals surface area contributed by atoms with Crippen molar-refractivity contribution < 1.29 is 43.2 Å². The zero-order valence-corrected chi connectivity index (χ0v) is 23.5. The van der Waals surface area contributed by atoms with E-state index < -0.39 is 29.6 Å². The molecule has 0 aromatic heterocycles. The number of rotatable bonds is 15. The van der Waals surface area contributed by atoms with Crippen molar-refractivity contribution in [2.75, 3.05) is 26.4 Å². The predicted molar refractivity (Wildman–Crippen MR) is 146 cm³/mol. The second kappa shape index (κ2) is 16.1. The molecule has 0 saturated heterocycles. The first-order chi connectivity index (χ1) is 18.7. The molecular weight excluding hydrogens is 551 g/mol. The van der Waals surface area contributed by atoms with E-state index in [2.05, 4.69) is 0 Å². The van der Waals surface area contributed by atoms with Crippen LogP contribution in [0, 0.1) is 0 Å². The van der Waals surface area contributed by atoms with Crippen molar-refractivity contribution in [1.82, 2.24) is 0 Å². The standard InChI is InChI=1S/C28H32Cl2O9/c1-4-35-25(31)24(28(34,26(32)36-5-2)27(33)37-6-3)38-17-9-7-8-10-19-11-13-20(14-12-19)39-21-15-16-22(29)23(30)18-21/h8,10-16,18,24,34H,4-7,9,17H2,1-3H3/b10-8+. The van der Waals surface area contributed by atoms with Crippen LogP contribution in [-0.4, -0.2) is 61.1 Å². The molecule has 39 heavy (non-hydrogen) atoms. The van der Waals surface area contributed by atoms with Crippen molar-refractivity contribution in [2.24, 2.45) is 0 Å². The number of ether oxygens (including phenoxy) is 5. The minimum atomic E-state index is -3.00. The largest absolute Gasteiger partial charge is 0.464 e. The lowest BCUT2D eigenvalue weighted by Gasteiger charge is -2.30. The summed E-state index contributed by atoms with van der Waals surface area (Å²) in [6, 6.07) is 12.4. The average molecular weight is 583 g/mol. The smallest absolute Gasteiger partial charge is 0.353 e. The molecule has 0 fully saturated rings. The molecule has 212 valence electrons. The lowest BCUT2D eigenvalue weighted by Crippen LogP contribution is -2.61. The fourth-order valence-corrected chi connectivity index (χ4v) is 3.59. The van der Waals surface area contributed by atoms with E-state index in [0.717, 1.165) is 5.56 Å². The quantitative estimate of drug-likeness (QED) is 0.128. The topological polar surface area (TPSA) is 118 Å². The Morgan fingerprint density at radius 1 is 0.872 bits per heavy atom. The van der Waals surface area contributed by atoms with Gasteiger partial charge in [0.25, 0.3) is 5.60 Å². The summed E-state index contributed by atoms with van der Waals surface area (Å²) in [6.45, 7) is 4.14. The number of aliphatic hydroxyl groups is 1. The summed E-state index contributed by atoms with van der Waals surface area (Å²) in [6.07, 6.45) is 2.77. The molecule has 11 heteroatoms. The fourth-order valence-electron chi connectivity index (χ4n) is 3.30. The van der Waals surface area contributed by atoms with Gasteiger partial charge < -0.3 is 28.8 Å². The highest BCUT2D eigenvalue weighted by molar-refractivity contribution is 6.42. The molecule has 1 unspecified atom stereocenters. The first-order valence-corrected chi connectivity index (χ1v) is 13.2. The Kier molecular flexibility index (Phi) is 13.3. The van der Waals surface area contributed by atoms with Gasteiger partial charge in [0.1, 0.15) is 11.5 Å². The summed E-state index contributed by atoms with van der Waals surface area (Å²) in [7, 11) is 0. The van der Waals surface area contributed by atoms with E-state index in [1.165, 1.54) is 13.8 Å². The zero-order valence-electron chi connectivity index (χ0n) is 22.0. The lowest BCUT2D eigenvalue weighted by molar-refractivity contribution is -0.208. The maximum Gasteiger partial charge on any atom is 0.353 e. The van der Waals surface area contributed by atoms with Crippen LogP contribution in [0.3, 0.4) is 0 Å². The van der Waals surface area contributed by atoms with Gasteiger partial charge in [-0.1, -0.05) is 47.5 Å². The Labute approximate surface area is 237 Å². The molecule has 0 spiro atoms. The first kappa shape index (κ1) is 32.1. The van der Waals surface area contributed by atoms with E-state index in [0.29, 0.717) is 34.4 Å². The Bertz CT molecular complexity index is 1110. The number of carbonyl (C=O) groups excluding carboxylic acids is 3. The van der Waals surface area contributed by atoms with Gasteiger partial charge in [0.05, 0.1) is 29.9 Å². The number of allylic oxidation sites excluding steroid dienone is 1. The molecule has 0 aliphatic carbocycles. The number of carbonyl (C=O) groups is 3. The Morgan fingerprint density at radius 3 is 2.03 bits per heavy atom. The lowest BCUT2D eigenvalue weighted by atomic mass is 9.96. The van der Waals surface area contributed by atoms with Crippen molar-refractivity contribution in [2.45, 2.75) is 45.3 Å². The highest BCUT2D eigenvalue weighted by Crippen LogP contribution is 2.29. The number of unbranched alkanes of at least 4 members (excludes halogenated alkanes) is 1. The first-order valence-electron chi connectivity index (χ1n) is 12.4. The summed E-state index contributed by atoms with van der Waals surface area (Å²) in [4.78, 5) is 37.5. The van der Waals surface area contributed by atoms with Gasteiger partial charge in [0.15, 0.2) is 0 Å². The van der Waals surface area contributed by atoms with Crippen LogP contribution >= 0.6 is 23.2 Å². The third-order valence-corrected chi connectivity index (χ3v) is 5.91. The SMILES string of the molecule is CCOC(=O)C(OCCC/C=C/c1ccc(Oc2ccc(Cl)c(Cl)c2)cc1)C(O)(C(=O)OCC)C(=O)OCC. The second-order valence-corrected chi connectivity index (χ2v) is 8.82. The van der Waals surface area contributed by atoms with Crippen molar-refractivity contribution in [3.63, 3.8) is 0 Å². The van der Waals surface area contributed by atoms with Gasteiger partial charge in [0.2, 0.25) is 6.10 Å². The van der Waals surface area contributed by atoms with Gasteiger partial charge in [-0.25, -0.2) is 14.4 Å². The van der Waals surface area contributed by atoms with Crippen molar-refractivity contribution in [3.8, 4) is 11.5 Å². The van der Waals surface area contributed by atoms with Gasteiger partial charge in [-0.15, -0.1) is 0 Å². The minimum Gasteiger partial charge on any atom is -0.464 e. The van der Waals surface area contributed by atoms with Crippen LogP contribution in [0.25, 0.3) is 6.08 Å². The maximum atomic E-state index is 12.5. The molecule has 2 rings (SSSR count). The van der Waals surface area contributed by atoms with Crippen LogP contribution in [0.5, 0.6) is 11.5 Å². The number of halogens is 2. The molecule has 0 amide bonds. The van der Waals surface area contributed by atoms with Crippen molar-refractivity contribution in [1.29, 1.82) is 0 Å². The summed E-state index contributed by atoms with van der Waals surface area (Å²) in [5.74, 6) is -2.60. The third-order valence-electron chi connectivity index (χ3n) is 5.17. The van der Waals surface area contributed by atoms with Crippen LogP contribution in [0.15, 0.2) is 48.5 Å². The molecule has 9 nitrogen and oxygen atoms in total. The average Bonchev–Trinajstić information content (AvgIpc) is 2.91. The van der Waals surface area contributed by atoms with E-state index >= 15 is 0 Å². The van der Waals surface area contributed by atoms with Gasteiger partial charge in [-0.2, -0.15) is 0 Å². The summed E-state index contributed by atoms with van der Waals surface area (Å²) >= 11 is 11.9. The molecule has 2 aromatic rings. The highest BCUT2D eigenvalue weighted by Gasteiger charge is 2.58. The molecule has 0 aliphatic heterocycles. The number of benzene rings is 2. The monoisotopic (exact) mass is 582 g/mol. The van der Waals surface area contributed by atoms with Crippen LogP contribution in [-0.2, 0) is 33.3 Å². The van der Waals surface area contributed by atoms with Crippen LogP contribution in [0.2, 0.25) is 10.0 Å². The van der Waals surface area contributed by atoms with E-state index in [1.54, 1.807) is 37.3 Å². The normalized spacial score (nSPS) is 12.2. The molecule has 0 aliphatic rings. The molecular formula is C28H32Cl2O9. The van der Waals surface area contributed by atoms with E-state index in [-0.39, 0.29) is 26.4 Å². The molecule has 0 saturated carbocycles. The van der Waals surface area contributed by atoms with E-state index in [4.69, 9.17) is 46.9 Å². The fraction of sp³-hybridized carbons (Fsp3) is 0.393. The van der Waals surface area contributed by atoms with E-state index in [1.807, 2.05) is 24.3 Å². The van der Waals surface area contributed by atoms with Crippen molar-refractivity contribution >= 4 is 47.2 Å². The summed E-state index contributed by atoms with van der Waals surface area (Å²) in [5.41, 5.74) is -2.09. The predicted octanol–water partition coefficient (Wildman–Crippen LogP) is 5.38. The third kappa shape index (κ3) is 9.25. The Morgan fingerprint density at radius 2 is 1.46 bits per heavy atom. The van der Waals surface area contributed by atoms with Gasteiger partial charge in [-0.3, -0.25) is 0 Å². The van der Waals surface area contributed by atoms with Crippen LogP contribution < -0.4 is 4.74 Å². The maximum absolute atomic E-state index is 12.5. The summed E-state index contributed by atoms with van der Waals surface area (Å²) < 4.78 is 25.8. The summed E-state index contributed by atoms with van der Waals surface area (Å²) in [5, 5.41) is 11.8. The Hall–Kier alpha value is -3.11. The number of esters is 3. The van der Waals surface area contributed by atoms with Gasteiger partial charge >= 0.3 is 17.9 Å². The van der Waals surface area contributed by atoms with Crippen molar-refractivity contribution in [3.05, 3.63) is 64.1 Å². The van der Waals surface area contributed by atoms with E-state index in [9.17, 15) is 19.5 Å². The Balaban J connectivity index is 1.97. The molecule has 1 N–H and O–H groups in total.